The van der Waals surface area contributed by atoms with E-state index in [1.54, 1.807) is 0 Å². The molecule has 4 N–H and O–H groups in total. The van der Waals surface area contributed by atoms with Gasteiger partial charge in [-0.05, 0) is 19.4 Å². The molecule has 0 aliphatic rings. The lowest BCUT2D eigenvalue weighted by atomic mass is 10.4. The Balaban J connectivity index is 3.40. The van der Waals surface area contributed by atoms with Crippen molar-refractivity contribution >= 4 is 0 Å². The molecule has 0 aromatic carbocycles. The second-order valence-corrected chi connectivity index (χ2v) is 2.15. The highest BCUT2D eigenvalue weighted by Gasteiger charge is 1.91. The van der Waals surface area contributed by atoms with Crippen LogP contribution in [0.15, 0.2) is 11.5 Å². The van der Waals surface area contributed by atoms with E-state index in [0.717, 1.165) is 5.57 Å². The van der Waals surface area contributed by atoms with Crippen molar-refractivity contribution in [3.8, 4) is 0 Å². The predicted octanol–water partition coefficient (Wildman–Crippen LogP) is 0.276. The van der Waals surface area contributed by atoms with Gasteiger partial charge in [0.05, 0.1) is 6.61 Å². The minimum atomic E-state index is 0.192. The van der Waals surface area contributed by atoms with Gasteiger partial charge in [-0.15, -0.1) is 0 Å². The quantitative estimate of drug-likeness (QED) is 0.302. The van der Waals surface area contributed by atoms with Crippen LogP contribution in [-0.4, -0.2) is 18.3 Å². The van der Waals surface area contributed by atoms with Crippen molar-refractivity contribution in [2.75, 3.05) is 13.2 Å². The number of rotatable bonds is 4. The molecule has 0 spiro atoms. The number of allylic oxidation sites excluding steroid dienone is 1. The summed E-state index contributed by atoms with van der Waals surface area (Å²) in [4.78, 5) is 4.28. The molecule has 0 atom stereocenters. The van der Waals surface area contributed by atoms with Crippen LogP contribution >= 0.6 is 0 Å². The molecule has 0 rings (SSSR count). The average molecular weight is 146 g/mol. The van der Waals surface area contributed by atoms with Crippen molar-refractivity contribution in [2.24, 2.45) is 5.90 Å². The Morgan fingerprint density at radius 2 is 2.20 bits per heavy atom. The minimum absolute atomic E-state index is 0.192. The van der Waals surface area contributed by atoms with Crippen molar-refractivity contribution in [1.82, 2.24) is 5.32 Å². The number of nitrogens with two attached hydrogens (primary N) is 1. The third kappa shape index (κ3) is 4.17. The van der Waals surface area contributed by atoms with Crippen LogP contribution in [0.4, 0.5) is 0 Å². The Labute approximate surface area is 60.6 Å². The lowest BCUT2D eigenvalue weighted by Crippen LogP contribution is -2.21. The molecular weight excluding hydrogens is 132 g/mol. The normalized spacial score (nSPS) is 9.10. The molecule has 0 saturated heterocycles. The maximum atomic E-state index is 9.03. The second-order valence-electron chi connectivity index (χ2n) is 2.15. The van der Waals surface area contributed by atoms with Crippen LogP contribution in [0.2, 0.25) is 0 Å². The summed E-state index contributed by atoms with van der Waals surface area (Å²) in [5.74, 6) is 4.94. The second kappa shape index (κ2) is 5.08. The van der Waals surface area contributed by atoms with Crippen LogP contribution in [0.25, 0.3) is 0 Å². The van der Waals surface area contributed by atoms with Crippen molar-refractivity contribution in [3.63, 3.8) is 0 Å². The molecule has 0 fully saturated rings. The molecule has 0 unspecified atom stereocenters. The summed E-state index contributed by atoms with van der Waals surface area (Å²) < 4.78 is 0. The highest BCUT2D eigenvalue weighted by molar-refractivity contribution is 4.98. The van der Waals surface area contributed by atoms with Gasteiger partial charge in [0.25, 0.3) is 0 Å². The molecule has 0 aromatic heterocycles. The summed E-state index contributed by atoms with van der Waals surface area (Å²) in [6, 6.07) is 0. The summed E-state index contributed by atoms with van der Waals surface area (Å²) >= 11 is 0. The van der Waals surface area contributed by atoms with E-state index in [9.17, 15) is 0 Å². The molecule has 0 bridgehead atoms. The van der Waals surface area contributed by atoms with E-state index in [1.807, 2.05) is 13.8 Å². The van der Waals surface area contributed by atoms with Gasteiger partial charge in [-0.1, -0.05) is 0 Å². The van der Waals surface area contributed by atoms with E-state index >= 15 is 0 Å². The van der Waals surface area contributed by atoms with E-state index < -0.39 is 0 Å². The highest BCUT2D eigenvalue weighted by Crippen LogP contribution is 1.92. The average Bonchev–Trinajstić information content (AvgIpc) is 1.88. The molecule has 4 heteroatoms. The Morgan fingerprint density at radius 1 is 1.60 bits per heavy atom. The van der Waals surface area contributed by atoms with Crippen LogP contribution in [0.3, 0.4) is 0 Å². The maximum Gasteiger partial charge on any atom is 0.182 e. The first-order valence-corrected chi connectivity index (χ1v) is 3.10. The monoisotopic (exact) mass is 146 g/mol. The van der Waals surface area contributed by atoms with Crippen LogP contribution in [0.1, 0.15) is 13.8 Å². The first-order valence-electron chi connectivity index (χ1n) is 3.10. The summed E-state index contributed by atoms with van der Waals surface area (Å²) in [5.41, 5.74) is 0.844. The predicted molar refractivity (Wildman–Crippen MR) is 39.1 cm³/mol. The molecule has 0 aromatic rings. The van der Waals surface area contributed by atoms with Gasteiger partial charge in [0.2, 0.25) is 0 Å². The largest absolute Gasteiger partial charge is 0.495 e. The van der Waals surface area contributed by atoms with Crippen LogP contribution in [0.5, 0.6) is 0 Å². The Kier molecular flexibility index (Phi) is 4.70. The van der Waals surface area contributed by atoms with Gasteiger partial charge in [0.1, 0.15) is 0 Å². The highest BCUT2D eigenvalue weighted by atomic mass is 16.6. The third-order valence-electron chi connectivity index (χ3n) is 0.986. The molecule has 4 nitrogen and oxygen atoms in total. The van der Waals surface area contributed by atoms with Crippen molar-refractivity contribution in [3.05, 3.63) is 11.5 Å². The molecule has 0 radical (unpaired) electrons. The molecule has 0 heterocycles. The summed E-state index contributed by atoms with van der Waals surface area (Å²) in [6.45, 7) is 4.53. The Hall–Kier alpha value is -0.740. The van der Waals surface area contributed by atoms with Crippen molar-refractivity contribution < 1.29 is 9.94 Å². The van der Waals surface area contributed by atoms with Gasteiger partial charge in [-0.2, -0.15) is 0 Å². The summed E-state index contributed by atoms with van der Waals surface area (Å²) in [6.07, 6.45) is 0. The van der Waals surface area contributed by atoms with Gasteiger partial charge in [0, 0.05) is 6.54 Å². The lowest BCUT2D eigenvalue weighted by Gasteiger charge is -2.04. The number of nitrogens with one attached hydrogen (secondary N) is 1. The Morgan fingerprint density at radius 3 is 2.60 bits per heavy atom. The summed E-state index contributed by atoms with van der Waals surface area (Å²) in [5, 5.41) is 11.7. The fourth-order valence-corrected chi connectivity index (χ4v) is 0.405. The first kappa shape index (κ1) is 9.26. The van der Waals surface area contributed by atoms with Crippen molar-refractivity contribution in [2.45, 2.75) is 13.8 Å². The summed E-state index contributed by atoms with van der Waals surface area (Å²) in [7, 11) is 0. The number of aliphatic hydroxyl groups is 1. The molecular formula is C6H14N2O2. The fraction of sp³-hybridized carbons (Fsp3) is 0.667. The molecule has 10 heavy (non-hydrogen) atoms. The fourth-order valence-electron chi connectivity index (χ4n) is 0.405. The smallest absolute Gasteiger partial charge is 0.182 e. The number of aliphatic hydroxyl groups excluding tert-OH is 1. The van der Waals surface area contributed by atoms with Gasteiger partial charge in [-0.3, -0.25) is 0 Å². The minimum Gasteiger partial charge on any atom is -0.495 e. The van der Waals surface area contributed by atoms with E-state index in [4.69, 9.17) is 11.0 Å². The zero-order chi connectivity index (χ0) is 7.98. The molecule has 0 aliphatic carbocycles. The van der Waals surface area contributed by atoms with E-state index in [0.29, 0.717) is 13.2 Å². The Bertz CT molecular complexity index is 119. The number of hydrogen-bond donors (Lipinski definition) is 3. The SMILES string of the molecule is CC(C)=C(O)NCCON. The lowest BCUT2D eigenvalue weighted by molar-refractivity contribution is 0.138. The topological polar surface area (TPSA) is 67.5 Å². The number of hydrogen-bond acceptors (Lipinski definition) is 4. The first-order chi connectivity index (χ1) is 4.68. The van der Waals surface area contributed by atoms with Gasteiger partial charge >= 0.3 is 0 Å². The van der Waals surface area contributed by atoms with Gasteiger partial charge in [0.15, 0.2) is 5.88 Å². The van der Waals surface area contributed by atoms with Crippen molar-refractivity contribution in [1.29, 1.82) is 0 Å². The molecule has 0 saturated carbocycles. The van der Waals surface area contributed by atoms with E-state index in [-0.39, 0.29) is 5.88 Å². The van der Waals surface area contributed by atoms with Crippen LogP contribution < -0.4 is 11.2 Å². The van der Waals surface area contributed by atoms with E-state index in [1.165, 1.54) is 0 Å². The standard InChI is InChI=1S/C6H14N2O2/c1-5(2)6(9)8-3-4-10-7/h8-9H,3-4,7H2,1-2H3. The van der Waals surface area contributed by atoms with Crippen LogP contribution in [-0.2, 0) is 4.84 Å². The molecule has 0 amide bonds. The molecule has 0 aliphatic heterocycles. The van der Waals surface area contributed by atoms with Gasteiger partial charge in [-0.25, -0.2) is 5.90 Å². The molecule has 60 valence electrons. The van der Waals surface area contributed by atoms with Gasteiger partial charge < -0.3 is 15.3 Å². The third-order valence-corrected chi connectivity index (χ3v) is 0.986. The van der Waals surface area contributed by atoms with Crippen LogP contribution in [0, 0.1) is 0 Å². The zero-order valence-electron chi connectivity index (χ0n) is 6.35. The zero-order valence-corrected chi connectivity index (χ0v) is 6.35. The maximum absolute atomic E-state index is 9.03. The van der Waals surface area contributed by atoms with E-state index in [2.05, 4.69) is 10.2 Å².